The second kappa shape index (κ2) is 8.94. The third-order valence-corrected chi connectivity index (χ3v) is 4.22. The molecule has 138 valence electrons. The highest BCUT2D eigenvalue weighted by Crippen LogP contribution is 2.18. The van der Waals surface area contributed by atoms with Gasteiger partial charge in [-0.1, -0.05) is 24.3 Å². The molecule has 5 nitrogen and oxygen atoms in total. The van der Waals surface area contributed by atoms with Crippen LogP contribution in [0, 0.1) is 6.92 Å². The van der Waals surface area contributed by atoms with Crippen molar-refractivity contribution >= 4 is 5.91 Å². The molecule has 27 heavy (non-hydrogen) atoms. The summed E-state index contributed by atoms with van der Waals surface area (Å²) in [5, 5.41) is 3.02. The van der Waals surface area contributed by atoms with Gasteiger partial charge in [-0.3, -0.25) is 14.8 Å². The van der Waals surface area contributed by atoms with E-state index in [-0.39, 0.29) is 11.9 Å². The number of aromatic nitrogens is 2. The Labute approximate surface area is 159 Å². The SMILES string of the molecule is Cc1ccc(CC(=O)NC(C)c2ccc(OCc3cccnc3)cc2)cn1. The maximum atomic E-state index is 12.2. The van der Waals surface area contributed by atoms with Gasteiger partial charge >= 0.3 is 0 Å². The van der Waals surface area contributed by atoms with Gasteiger partial charge in [-0.05, 0) is 49.2 Å². The molecule has 0 saturated carbocycles. The number of carbonyl (C=O) groups excluding carboxylic acids is 1. The molecule has 0 bridgehead atoms. The van der Waals surface area contributed by atoms with E-state index in [2.05, 4.69) is 15.3 Å². The summed E-state index contributed by atoms with van der Waals surface area (Å²) in [7, 11) is 0. The van der Waals surface area contributed by atoms with Gasteiger partial charge in [0.05, 0.1) is 12.5 Å². The van der Waals surface area contributed by atoms with Crippen LogP contribution in [-0.4, -0.2) is 15.9 Å². The highest BCUT2D eigenvalue weighted by molar-refractivity contribution is 5.78. The molecular formula is C22H23N3O2. The molecule has 1 N–H and O–H groups in total. The van der Waals surface area contributed by atoms with Gasteiger partial charge in [0.2, 0.25) is 5.91 Å². The molecule has 1 atom stereocenters. The summed E-state index contributed by atoms with van der Waals surface area (Å²) in [5.41, 5.74) is 3.90. The van der Waals surface area contributed by atoms with Crippen LogP contribution in [0.3, 0.4) is 0 Å². The number of hydrogen-bond acceptors (Lipinski definition) is 4. The minimum Gasteiger partial charge on any atom is -0.489 e. The summed E-state index contributed by atoms with van der Waals surface area (Å²) in [6, 6.07) is 15.4. The van der Waals surface area contributed by atoms with Crippen LogP contribution in [0.2, 0.25) is 0 Å². The molecule has 0 radical (unpaired) electrons. The van der Waals surface area contributed by atoms with E-state index in [1.54, 1.807) is 18.6 Å². The van der Waals surface area contributed by atoms with E-state index in [0.717, 1.165) is 28.1 Å². The van der Waals surface area contributed by atoms with Crippen molar-refractivity contribution in [1.29, 1.82) is 0 Å². The Morgan fingerprint density at radius 2 is 1.89 bits per heavy atom. The van der Waals surface area contributed by atoms with Crippen LogP contribution in [0.15, 0.2) is 67.1 Å². The first kappa shape index (κ1) is 18.6. The largest absolute Gasteiger partial charge is 0.489 e. The van der Waals surface area contributed by atoms with Gasteiger partial charge in [-0.2, -0.15) is 0 Å². The van der Waals surface area contributed by atoms with Crippen molar-refractivity contribution in [3.8, 4) is 5.75 Å². The third kappa shape index (κ3) is 5.64. The lowest BCUT2D eigenvalue weighted by Crippen LogP contribution is -2.28. The van der Waals surface area contributed by atoms with Crippen LogP contribution < -0.4 is 10.1 Å². The predicted octanol–water partition coefficient (Wildman–Crippen LogP) is 3.78. The first-order chi connectivity index (χ1) is 13.1. The number of rotatable bonds is 7. The van der Waals surface area contributed by atoms with Gasteiger partial charge in [-0.15, -0.1) is 0 Å². The normalized spacial score (nSPS) is 11.6. The number of nitrogens with zero attached hydrogens (tertiary/aromatic N) is 2. The fraction of sp³-hybridized carbons (Fsp3) is 0.227. The molecule has 1 aromatic carbocycles. The highest BCUT2D eigenvalue weighted by atomic mass is 16.5. The summed E-state index contributed by atoms with van der Waals surface area (Å²) >= 11 is 0. The monoisotopic (exact) mass is 361 g/mol. The first-order valence-electron chi connectivity index (χ1n) is 8.93. The van der Waals surface area contributed by atoms with Gasteiger partial charge in [0.1, 0.15) is 12.4 Å². The molecule has 0 saturated heterocycles. The van der Waals surface area contributed by atoms with E-state index in [1.807, 2.05) is 62.4 Å². The second-order valence-electron chi connectivity index (χ2n) is 6.49. The average molecular weight is 361 g/mol. The minimum absolute atomic E-state index is 0.0231. The van der Waals surface area contributed by atoms with Crippen LogP contribution in [0.5, 0.6) is 5.75 Å². The van der Waals surface area contributed by atoms with E-state index in [4.69, 9.17) is 4.74 Å². The predicted molar refractivity (Wildman–Crippen MR) is 104 cm³/mol. The van der Waals surface area contributed by atoms with E-state index < -0.39 is 0 Å². The lowest BCUT2D eigenvalue weighted by molar-refractivity contribution is -0.121. The van der Waals surface area contributed by atoms with Crippen molar-refractivity contribution in [2.75, 3.05) is 0 Å². The molecule has 3 aromatic rings. The zero-order valence-electron chi connectivity index (χ0n) is 15.6. The van der Waals surface area contributed by atoms with Gasteiger partial charge in [0.15, 0.2) is 0 Å². The molecule has 1 unspecified atom stereocenters. The lowest BCUT2D eigenvalue weighted by atomic mass is 10.1. The van der Waals surface area contributed by atoms with E-state index in [9.17, 15) is 4.79 Å². The number of hydrogen-bond donors (Lipinski definition) is 1. The van der Waals surface area contributed by atoms with E-state index in [0.29, 0.717) is 13.0 Å². The molecule has 2 aromatic heterocycles. The summed E-state index contributed by atoms with van der Waals surface area (Å²) in [6.45, 7) is 4.37. The van der Waals surface area contributed by atoms with Crippen LogP contribution in [-0.2, 0) is 17.8 Å². The maximum Gasteiger partial charge on any atom is 0.224 e. The molecular weight excluding hydrogens is 338 g/mol. The number of aryl methyl sites for hydroxylation is 1. The van der Waals surface area contributed by atoms with Crippen LogP contribution in [0.4, 0.5) is 0 Å². The third-order valence-electron chi connectivity index (χ3n) is 4.22. The van der Waals surface area contributed by atoms with Gasteiger partial charge in [0, 0.05) is 29.8 Å². The Morgan fingerprint density at radius 1 is 1.07 bits per heavy atom. The zero-order valence-corrected chi connectivity index (χ0v) is 15.6. The smallest absolute Gasteiger partial charge is 0.224 e. The zero-order chi connectivity index (χ0) is 19.1. The molecule has 0 aliphatic heterocycles. The van der Waals surface area contributed by atoms with Crippen molar-refractivity contribution in [3.05, 3.63) is 89.5 Å². The van der Waals surface area contributed by atoms with Crippen molar-refractivity contribution in [2.24, 2.45) is 0 Å². The van der Waals surface area contributed by atoms with Crippen molar-refractivity contribution in [3.63, 3.8) is 0 Å². The Kier molecular flexibility index (Phi) is 6.15. The summed E-state index contributed by atoms with van der Waals surface area (Å²) in [4.78, 5) is 20.5. The number of carbonyl (C=O) groups is 1. The molecule has 2 heterocycles. The number of amides is 1. The van der Waals surface area contributed by atoms with Crippen LogP contribution in [0.1, 0.15) is 35.3 Å². The molecule has 0 fully saturated rings. The quantitative estimate of drug-likeness (QED) is 0.695. The van der Waals surface area contributed by atoms with Crippen molar-refractivity contribution in [1.82, 2.24) is 15.3 Å². The summed E-state index contributed by atoms with van der Waals surface area (Å²) < 4.78 is 5.76. The Bertz CT molecular complexity index is 862. The standard InChI is InChI=1S/C22H23N3O2/c1-16-5-6-18(14-24-16)12-22(26)25-17(2)20-7-9-21(10-8-20)27-15-19-4-3-11-23-13-19/h3-11,13-14,17H,12,15H2,1-2H3,(H,25,26). The highest BCUT2D eigenvalue weighted by Gasteiger charge is 2.10. The van der Waals surface area contributed by atoms with Gasteiger partial charge < -0.3 is 10.1 Å². The molecule has 0 aliphatic carbocycles. The van der Waals surface area contributed by atoms with E-state index >= 15 is 0 Å². The molecule has 1 amide bonds. The van der Waals surface area contributed by atoms with E-state index in [1.165, 1.54) is 0 Å². The minimum atomic E-state index is -0.0803. The number of ether oxygens (including phenoxy) is 1. The number of nitrogens with one attached hydrogen (secondary N) is 1. The number of benzene rings is 1. The fourth-order valence-electron chi connectivity index (χ4n) is 2.67. The first-order valence-corrected chi connectivity index (χ1v) is 8.93. The van der Waals surface area contributed by atoms with Crippen molar-refractivity contribution in [2.45, 2.75) is 32.9 Å². The number of pyridine rings is 2. The van der Waals surface area contributed by atoms with Crippen LogP contribution >= 0.6 is 0 Å². The second-order valence-corrected chi connectivity index (χ2v) is 6.49. The van der Waals surface area contributed by atoms with Crippen molar-refractivity contribution < 1.29 is 9.53 Å². The fourth-order valence-corrected chi connectivity index (χ4v) is 2.67. The van der Waals surface area contributed by atoms with Gasteiger partial charge in [-0.25, -0.2) is 0 Å². The Hall–Kier alpha value is -3.21. The molecule has 5 heteroatoms. The topological polar surface area (TPSA) is 64.1 Å². The lowest BCUT2D eigenvalue weighted by Gasteiger charge is -2.15. The summed E-state index contributed by atoms with van der Waals surface area (Å²) in [5.74, 6) is 0.761. The maximum absolute atomic E-state index is 12.2. The van der Waals surface area contributed by atoms with Crippen LogP contribution in [0.25, 0.3) is 0 Å². The Balaban J connectivity index is 1.51. The molecule has 0 spiro atoms. The average Bonchev–Trinajstić information content (AvgIpc) is 2.69. The van der Waals surface area contributed by atoms with Gasteiger partial charge in [0.25, 0.3) is 0 Å². The molecule has 3 rings (SSSR count). The Morgan fingerprint density at radius 3 is 2.56 bits per heavy atom. The summed E-state index contributed by atoms with van der Waals surface area (Å²) in [6.07, 6.45) is 5.59. The molecule has 0 aliphatic rings.